The molecule has 1 fully saturated rings. The Balaban J connectivity index is 0.00000364. The number of aliphatic imine (C=N–C) groups is 1. The maximum absolute atomic E-state index is 6.05. The first-order valence-electron chi connectivity index (χ1n) is 9.69. The molecule has 1 aliphatic heterocycles. The summed E-state index contributed by atoms with van der Waals surface area (Å²) in [6, 6.07) is 5.72. The quantitative estimate of drug-likeness (QED) is 0.326. The lowest BCUT2D eigenvalue weighted by molar-refractivity contribution is 0.255. The summed E-state index contributed by atoms with van der Waals surface area (Å²) in [7, 11) is 1.67. The van der Waals surface area contributed by atoms with Gasteiger partial charge in [-0.25, -0.2) is 4.99 Å². The van der Waals surface area contributed by atoms with Crippen molar-refractivity contribution in [2.45, 2.75) is 33.7 Å². The van der Waals surface area contributed by atoms with E-state index in [1.165, 1.54) is 13.0 Å². The molecule has 0 radical (unpaired) electrons. The number of ether oxygens (including phenoxy) is 1. The van der Waals surface area contributed by atoms with Crippen molar-refractivity contribution in [2.75, 3.05) is 46.4 Å². The fourth-order valence-corrected chi connectivity index (χ4v) is 3.62. The normalized spacial score (nSPS) is 17.2. The summed E-state index contributed by atoms with van der Waals surface area (Å²) in [5.41, 5.74) is 1.05. The molecular weight excluding hydrogens is 475 g/mol. The summed E-state index contributed by atoms with van der Waals surface area (Å²) in [6.45, 7) is 13.6. The number of rotatable bonds is 8. The minimum absolute atomic E-state index is 0. The van der Waals surface area contributed by atoms with Gasteiger partial charge in [0, 0.05) is 36.8 Å². The third-order valence-corrected chi connectivity index (χ3v) is 5.21. The van der Waals surface area contributed by atoms with Gasteiger partial charge in [-0.1, -0.05) is 31.5 Å². The second kappa shape index (κ2) is 12.7. The van der Waals surface area contributed by atoms with E-state index in [0.717, 1.165) is 50.0 Å². The van der Waals surface area contributed by atoms with Crippen LogP contribution in [0.15, 0.2) is 23.2 Å². The molecule has 0 spiro atoms. The highest BCUT2D eigenvalue weighted by Gasteiger charge is 2.26. The van der Waals surface area contributed by atoms with Crippen molar-refractivity contribution in [3.05, 3.63) is 28.8 Å². The highest BCUT2D eigenvalue weighted by molar-refractivity contribution is 14.0. The predicted octanol–water partition coefficient (Wildman–Crippen LogP) is 4.10. The zero-order valence-corrected chi connectivity index (χ0v) is 20.1. The maximum Gasteiger partial charge on any atom is 0.194 e. The molecule has 1 aromatic rings. The predicted molar refractivity (Wildman–Crippen MR) is 126 cm³/mol. The zero-order valence-electron chi connectivity index (χ0n) is 17.0. The average molecular weight is 509 g/mol. The fraction of sp³-hybridized carbons (Fsp3) is 0.650. The summed E-state index contributed by atoms with van der Waals surface area (Å²) in [5, 5.41) is 4.12. The lowest BCUT2D eigenvalue weighted by Gasteiger charge is -2.24. The van der Waals surface area contributed by atoms with Crippen LogP contribution in [-0.2, 0) is 6.54 Å². The number of nitrogens with one attached hydrogen (secondary N) is 1. The first-order chi connectivity index (χ1) is 12.6. The molecule has 0 saturated carbocycles. The van der Waals surface area contributed by atoms with Crippen molar-refractivity contribution in [1.82, 2.24) is 15.1 Å². The SMILES string of the molecule is CCNC(=NCc1ccc(Cl)cc1OC)N1CCC(CN(CC)CC)C1.I. The largest absolute Gasteiger partial charge is 0.496 e. The first-order valence-corrected chi connectivity index (χ1v) is 10.1. The van der Waals surface area contributed by atoms with E-state index in [9.17, 15) is 0 Å². The van der Waals surface area contributed by atoms with Gasteiger partial charge in [-0.3, -0.25) is 0 Å². The molecule has 154 valence electrons. The molecule has 1 aromatic carbocycles. The van der Waals surface area contributed by atoms with Crippen LogP contribution in [0.2, 0.25) is 5.02 Å². The van der Waals surface area contributed by atoms with Gasteiger partial charge >= 0.3 is 0 Å². The highest BCUT2D eigenvalue weighted by atomic mass is 127. The van der Waals surface area contributed by atoms with E-state index >= 15 is 0 Å². The minimum atomic E-state index is 0. The Bertz CT molecular complexity index is 595. The molecular formula is C20H34ClIN4O. The third kappa shape index (κ3) is 7.31. The molecule has 27 heavy (non-hydrogen) atoms. The van der Waals surface area contributed by atoms with Crippen molar-refractivity contribution in [1.29, 1.82) is 0 Å². The molecule has 0 bridgehead atoms. The average Bonchev–Trinajstić information content (AvgIpc) is 3.12. The second-order valence-electron chi connectivity index (χ2n) is 6.71. The summed E-state index contributed by atoms with van der Waals surface area (Å²) in [4.78, 5) is 9.75. The van der Waals surface area contributed by atoms with Crippen LogP contribution in [-0.4, -0.2) is 62.1 Å². The van der Waals surface area contributed by atoms with Crippen LogP contribution in [0.1, 0.15) is 32.8 Å². The number of hydrogen-bond acceptors (Lipinski definition) is 3. The summed E-state index contributed by atoms with van der Waals surface area (Å²) < 4.78 is 5.44. The molecule has 0 amide bonds. The van der Waals surface area contributed by atoms with Crippen molar-refractivity contribution in [3.63, 3.8) is 0 Å². The van der Waals surface area contributed by atoms with E-state index in [1.807, 2.05) is 18.2 Å². The number of guanidine groups is 1. The number of nitrogens with zero attached hydrogens (tertiary/aromatic N) is 3. The summed E-state index contributed by atoms with van der Waals surface area (Å²) in [6.07, 6.45) is 1.23. The van der Waals surface area contributed by atoms with Crippen LogP contribution in [0.3, 0.4) is 0 Å². The number of likely N-dealkylation sites (tertiary alicyclic amines) is 1. The second-order valence-corrected chi connectivity index (χ2v) is 7.15. The molecule has 1 unspecified atom stereocenters. The molecule has 1 heterocycles. The van der Waals surface area contributed by atoms with Gasteiger partial charge in [0.05, 0.1) is 13.7 Å². The Labute approximate surface area is 186 Å². The van der Waals surface area contributed by atoms with Crippen molar-refractivity contribution in [2.24, 2.45) is 10.9 Å². The Morgan fingerprint density at radius 3 is 2.70 bits per heavy atom. The third-order valence-electron chi connectivity index (χ3n) is 4.98. The van der Waals surface area contributed by atoms with Gasteiger partial charge in [0.1, 0.15) is 5.75 Å². The molecule has 1 atom stereocenters. The van der Waals surface area contributed by atoms with Gasteiger partial charge in [-0.05, 0) is 44.5 Å². The van der Waals surface area contributed by atoms with Crippen LogP contribution in [0, 0.1) is 5.92 Å². The Kier molecular flexibility index (Phi) is 11.4. The Morgan fingerprint density at radius 2 is 2.07 bits per heavy atom. The van der Waals surface area contributed by atoms with Crippen LogP contribution in [0.5, 0.6) is 5.75 Å². The molecule has 0 aromatic heterocycles. The fourth-order valence-electron chi connectivity index (χ4n) is 3.46. The zero-order chi connectivity index (χ0) is 18.9. The lowest BCUT2D eigenvalue weighted by atomic mass is 10.1. The molecule has 2 rings (SSSR count). The van der Waals surface area contributed by atoms with Crippen LogP contribution in [0.25, 0.3) is 0 Å². The topological polar surface area (TPSA) is 40.1 Å². The number of halogens is 2. The van der Waals surface area contributed by atoms with Gasteiger partial charge < -0.3 is 19.9 Å². The molecule has 7 heteroatoms. The molecule has 1 aliphatic rings. The van der Waals surface area contributed by atoms with Gasteiger partial charge in [0.25, 0.3) is 0 Å². The molecule has 5 nitrogen and oxygen atoms in total. The smallest absolute Gasteiger partial charge is 0.194 e. The van der Waals surface area contributed by atoms with Crippen LogP contribution in [0.4, 0.5) is 0 Å². The van der Waals surface area contributed by atoms with E-state index in [-0.39, 0.29) is 24.0 Å². The van der Waals surface area contributed by atoms with E-state index < -0.39 is 0 Å². The van der Waals surface area contributed by atoms with Crippen LogP contribution < -0.4 is 10.1 Å². The summed E-state index contributed by atoms with van der Waals surface area (Å²) >= 11 is 6.05. The van der Waals surface area contributed by atoms with Crippen molar-refractivity contribution >= 4 is 41.5 Å². The molecule has 1 saturated heterocycles. The standard InChI is InChI=1S/C20H33ClN4O.HI/c1-5-22-20(23-13-17-8-9-18(21)12-19(17)26-4)25-11-10-16(15-25)14-24(6-2)7-3;/h8-9,12,16H,5-7,10-11,13-15H2,1-4H3,(H,22,23);1H. The molecule has 1 N–H and O–H groups in total. The molecule has 0 aliphatic carbocycles. The number of hydrogen-bond donors (Lipinski definition) is 1. The van der Waals surface area contributed by atoms with Crippen LogP contribution >= 0.6 is 35.6 Å². The van der Waals surface area contributed by atoms with Crippen molar-refractivity contribution in [3.8, 4) is 5.75 Å². The Hall–Kier alpha value is -0.730. The summed E-state index contributed by atoms with van der Waals surface area (Å²) in [5.74, 6) is 2.49. The Morgan fingerprint density at radius 1 is 1.33 bits per heavy atom. The lowest BCUT2D eigenvalue weighted by Crippen LogP contribution is -2.40. The monoisotopic (exact) mass is 508 g/mol. The van der Waals surface area contributed by atoms with Gasteiger partial charge in [-0.15, -0.1) is 24.0 Å². The van der Waals surface area contributed by atoms with E-state index in [1.54, 1.807) is 7.11 Å². The first kappa shape index (κ1) is 24.3. The van der Waals surface area contributed by atoms with E-state index in [2.05, 4.69) is 35.9 Å². The van der Waals surface area contributed by atoms with Gasteiger partial charge in [0.15, 0.2) is 5.96 Å². The number of methoxy groups -OCH3 is 1. The van der Waals surface area contributed by atoms with E-state index in [0.29, 0.717) is 17.5 Å². The maximum atomic E-state index is 6.05. The van der Waals surface area contributed by atoms with Gasteiger partial charge in [-0.2, -0.15) is 0 Å². The van der Waals surface area contributed by atoms with Gasteiger partial charge in [0.2, 0.25) is 0 Å². The minimum Gasteiger partial charge on any atom is -0.496 e. The number of benzene rings is 1. The van der Waals surface area contributed by atoms with Crippen molar-refractivity contribution < 1.29 is 4.74 Å². The highest BCUT2D eigenvalue weighted by Crippen LogP contribution is 2.24. The van der Waals surface area contributed by atoms with E-state index in [4.69, 9.17) is 21.3 Å².